The lowest BCUT2D eigenvalue weighted by Crippen LogP contribution is -2.17. The molecule has 0 bridgehead atoms. The summed E-state index contributed by atoms with van der Waals surface area (Å²) in [7, 11) is 0. The Bertz CT molecular complexity index is 801. The molecule has 108 valence electrons. The molecule has 21 heavy (non-hydrogen) atoms. The van der Waals surface area contributed by atoms with Gasteiger partial charge in [-0.2, -0.15) is 0 Å². The molecule has 0 amide bonds. The Labute approximate surface area is 120 Å². The number of nitrogens with zero attached hydrogens (tertiary/aromatic N) is 2. The van der Waals surface area contributed by atoms with Crippen molar-refractivity contribution in [3.63, 3.8) is 0 Å². The topological polar surface area (TPSA) is 55.2 Å². The van der Waals surface area contributed by atoms with Gasteiger partial charge in [0.25, 0.3) is 0 Å². The summed E-state index contributed by atoms with van der Waals surface area (Å²) < 4.78 is 41.4. The molecule has 1 aromatic carbocycles. The van der Waals surface area contributed by atoms with Crippen LogP contribution in [0.3, 0.4) is 0 Å². The molecule has 8 heteroatoms. The number of hydrogen-bond acceptors (Lipinski definition) is 5. The number of halogens is 3. The molecule has 0 spiro atoms. The van der Waals surface area contributed by atoms with Gasteiger partial charge in [-0.05, 0) is 29.6 Å². The van der Waals surface area contributed by atoms with Gasteiger partial charge >= 0.3 is 6.36 Å². The summed E-state index contributed by atoms with van der Waals surface area (Å²) in [6.45, 7) is 0. The van der Waals surface area contributed by atoms with E-state index in [-0.39, 0.29) is 11.3 Å². The van der Waals surface area contributed by atoms with E-state index in [1.54, 1.807) is 11.4 Å². The zero-order valence-corrected chi connectivity index (χ0v) is 11.1. The molecular formula is C13H7F3N2O2S. The van der Waals surface area contributed by atoms with Crippen LogP contribution in [-0.4, -0.2) is 21.4 Å². The fraction of sp³-hybridized carbons (Fsp3) is 0.0769. The fourth-order valence-corrected chi connectivity index (χ4v) is 2.73. The third-order valence-electron chi connectivity index (χ3n) is 2.70. The first-order valence-corrected chi connectivity index (χ1v) is 6.59. The third-order valence-corrected chi connectivity index (χ3v) is 3.61. The summed E-state index contributed by atoms with van der Waals surface area (Å²) in [5, 5.41) is 11.7. The number of alkyl halides is 3. The van der Waals surface area contributed by atoms with E-state index in [0.717, 1.165) is 18.2 Å². The van der Waals surface area contributed by atoms with Gasteiger partial charge in [-0.1, -0.05) is 0 Å². The van der Waals surface area contributed by atoms with Crippen molar-refractivity contribution in [2.75, 3.05) is 0 Å². The Morgan fingerprint density at radius 3 is 2.71 bits per heavy atom. The van der Waals surface area contributed by atoms with Gasteiger partial charge in [-0.15, -0.1) is 24.5 Å². The van der Waals surface area contributed by atoms with Gasteiger partial charge in [-0.3, -0.25) is 0 Å². The van der Waals surface area contributed by atoms with Crippen LogP contribution in [0.25, 0.3) is 21.5 Å². The molecular weight excluding hydrogens is 305 g/mol. The van der Waals surface area contributed by atoms with Gasteiger partial charge in [0.1, 0.15) is 17.8 Å². The van der Waals surface area contributed by atoms with Crippen LogP contribution in [-0.2, 0) is 0 Å². The number of benzene rings is 1. The highest BCUT2D eigenvalue weighted by molar-refractivity contribution is 7.17. The fourth-order valence-electron chi connectivity index (χ4n) is 1.88. The minimum absolute atomic E-state index is 0.159. The van der Waals surface area contributed by atoms with Crippen molar-refractivity contribution in [2.24, 2.45) is 0 Å². The Hall–Kier alpha value is -2.35. The van der Waals surface area contributed by atoms with E-state index in [0.29, 0.717) is 15.9 Å². The number of ether oxygens (including phenoxy) is 1. The smallest absolute Gasteiger partial charge is 0.507 e. The highest BCUT2D eigenvalue weighted by Crippen LogP contribution is 2.37. The lowest BCUT2D eigenvalue weighted by molar-refractivity contribution is -0.274. The molecule has 3 aromatic rings. The standard InChI is InChI=1S/C13H7F3N2O2S/c14-13(15,16)20-7-1-2-10(19)8(5-7)11-12-9(3-4-21-12)17-6-18-11/h1-6,19H. The lowest BCUT2D eigenvalue weighted by Gasteiger charge is -2.11. The van der Waals surface area contributed by atoms with E-state index in [4.69, 9.17) is 0 Å². The second-order valence-corrected chi connectivity index (χ2v) is 5.00. The summed E-state index contributed by atoms with van der Waals surface area (Å²) in [6.07, 6.45) is -3.50. The van der Waals surface area contributed by atoms with Gasteiger partial charge in [0.15, 0.2) is 0 Å². The Balaban J connectivity index is 2.13. The van der Waals surface area contributed by atoms with Crippen LogP contribution in [0.5, 0.6) is 11.5 Å². The molecule has 1 N–H and O–H groups in total. The number of rotatable bonds is 2. The van der Waals surface area contributed by atoms with Crippen LogP contribution in [0.4, 0.5) is 13.2 Å². The van der Waals surface area contributed by atoms with E-state index in [2.05, 4.69) is 14.7 Å². The van der Waals surface area contributed by atoms with Crippen LogP contribution >= 0.6 is 11.3 Å². The van der Waals surface area contributed by atoms with Crippen molar-refractivity contribution in [2.45, 2.75) is 6.36 Å². The Morgan fingerprint density at radius 1 is 1.14 bits per heavy atom. The maximum absolute atomic E-state index is 12.3. The van der Waals surface area contributed by atoms with Crippen molar-refractivity contribution in [3.8, 4) is 22.8 Å². The molecule has 0 aliphatic rings. The molecule has 0 fully saturated rings. The summed E-state index contributed by atoms with van der Waals surface area (Å²) in [5.41, 5.74) is 1.18. The zero-order valence-electron chi connectivity index (χ0n) is 10.3. The summed E-state index contributed by atoms with van der Waals surface area (Å²) >= 11 is 1.34. The van der Waals surface area contributed by atoms with Gasteiger partial charge in [-0.25, -0.2) is 9.97 Å². The predicted octanol–water partition coefficient (Wildman–Crippen LogP) is 3.96. The summed E-state index contributed by atoms with van der Waals surface area (Å²) in [6, 6.07) is 5.04. The van der Waals surface area contributed by atoms with Crippen LogP contribution in [0.2, 0.25) is 0 Å². The lowest BCUT2D eigenvalue weighted by atomic mass is 10.1. The molecule has 0 radical (unpaired) electrons. The van der Waals surface area contributed by atoms with Gasteiger partial charge in [0, 0.05) is 5.56 Å². The van der Waals surface area contributed by atoms with Crippen LogP contribution in [0, 0.1) is 0 Å². The number of aromatic hydroxyl groups is 1. The van der Waals surface area contributed by atoms with E-state index in [1.807, 2.05) is 0 Å². The Kier molecular flexibility index (Phi) is 3.17. The number of hydrogen-bond donors (Lipinski definition) is 1. The molecule has 2 heterocycles. The second kappa shape index (κ2) is 4.88. The van der Waals surface area contributed by atoms with Crippen molar-refractivity contribution >= 4 is 21.6 Å². The average molecular weight is 312 g/mol. The molecule has 0 aliphatic heterocycles. The van der Waals surface area contributed by atoms with Crippen molar-refractivity contribution in [1.82, 2.24) is 9.97 Å². The van der Waals surface area contributed by atoms with Gasteiger partial charge in [0.2, 0.25) is 0 Å². The Morgan fingerprint density at radius 2 is 1.95 bits per heavy atom. The highest BCUT2D eigenvalue weighted by Gasteiger charge is 2.31. The average Bonchev–Trinajstić information content (AvgIpc) is 2.87. The highest BCUT2D eigenvalue weighted by atomic mass is 32.1. The third kappa shape index (κ3) is 2.75. The normalized spacial score (nSPS) is 11.8. The molecule has 0 saturated heterocycles. The number of phenols is 1. The maximum atomic E-state index is 12.3. The molecule has 2 aromatic heterocycles. The summed E-state index contributed by atoms with van der Waals surface area (Å²) in [5.74, 6) is -0.600. The molecule has 0 unspecified atom stereocenters. The number of fused-ring (bicyclic) bond motifs is 1. The van der Waals surface area contributed by atoms with Gasteiger partial charge in [0.05, 0.1) is 15.9 Å². The summed E-state index contributed by atoms with van der Waals surface area (Å²) in [4.78, 5) is 8.10. The van der Waals surface area contributed by atoms with Crippen molar-refractivity contribution in [3.05, 3.63) is 36.0 Å². The maximum Gasteiger partial charge on any atom is 0.573 e. The predicted molar refractivity (Wildman–Crippen MR) is 71.2 cm³/mol. The quantitative estimate of drug-likeness (QED) is 0.778. The largest absolute Gasteiger partial charge is 0.573 e. The monoisotopic (exact) mass is 312 g/mol. The van der Waals surface area contributed by atoms with Crippen molar-refractivity contribution in [1.29, 1.82) is 0 Å². The molecule has 0 saturated carbocycles. The van der Waals surface area contributed by atoms with Crippen LogP contribution < -0.4 is 4.74 Å². The molecule has 3 rings (SSSR count). The molecule has 4 nitrogen and oxygen atoms in total. The SMILES string of the molecule is Oc1ccc(OC(F)(F)F)cc1-c1ncnc2ccsc12. The van der Waals surface area contributed by atoms with Crippen LogP contribution in [0.15, 0.2) is 36.0 Å². The van der Waals surface area contributed by atoms with E-state index >= 15 is 0 Å². The first-order chi connectivity index (χ1) is 9.94. The number of thiophene rings is 1. The van der Waals surface area contributed by atoms with E-state index in [1.165, 1.54) is 17.7 Å². The van der Waals surface area contributed by atoms with E-state index < -0.39 is 12.1 Å². The number of phenolic OH excluding ortho intramolecular Hbond substituents is 1. The number of aromatic nitrogens is 2. The first-order valence-electron chi connectivity index (χ1n) is 5.71. The van der Waals surface area contributed by atoms with E-state index in [9.17, 15) is 18.3 Å². The molecule has 0 aliphatic carbocycles. The first kappa shape index (κ1) is 13.6. The minimum atomic E-state index is -4.79. The van der Waals surface area contributed by atoms with Crippen molar-refractivity contribution < 1.29 is 23.0 Å². The second-order valence-electron chi connectivity index (χ2n) is 4.08. The minimum Gasteiger partial charge on any atom is -0.507 e. The zero-order chi connectivity index (χ0) is 15.0. The van der Waals surface area contributed by atoms with Crippen LogP contribution in [0.1, 0.15) is 0 Å². The van der Waals surface area contributed by atoms with Gasteiger partial charge < -0.3 is 9.84 Å². The molecule has 0 atom stereocenters.